The van der Waals surface area contributed by atoms with Crippen molar-refractivity contribution >= 4 is 17.7 Å². The average Bonchev–Trinajstić information content (AvgIpc) is 3.18. The molecule has 34 heavy (non-hydrogen) atoms. The van der Waals surface area contributed by atoms with Crippen molar-refractivity contribution in [3.63, 3.8) is 0 Å². The molecule has 2 aliphatic rings. The molecule has 0 atom stereocenters. The fourth-order valence-electron chi connectivity index (χ4n) is 5.28. The normalized spacial score (nSPS) is 19.0. The molecule has 3 rings (SSSR count). The number of aromatic nitrogens is 2. The first-order chi connectivity index (χ1) is 16.4. The number of hydrogen-bond acceptors (Lipinski definition) is 6. The van der Waals surface area contributed by atoms with E-state index in [0.717, 1.165) is 64.2 Å². The molecule has 0 bridgehead atoms. The molecule has 1 aromatic rings. The molecule has 190 valence electrons. The highest BCUT2D eigenvalue weighted by atomic mass is 16.5. The highest BCUT2D eigenvalue weighted by molar-refractivity contribution is 5.79. The van der Waals surface area contributed by atoms with E-state index in [9.17, 15) is 14.4 Å². The molecule has 0 unspecified atom stereocenters. The molecule has 1 aliphatic carbocycles. The maximum absolute atomic E-state index is 12.6. The number of amides is 3. The van der Waals surface area contributed by atoms with Gasteiger partial charge in [-0.1, -0.05) is 44.7 Å². The summed E-state index contributed by atoms with van der Waals surface area (Å²) in [6.45, 7) is 7.02. The Balaban J connectivity index is 1.48. The summed E-state index contributed by atoms with van der Waals surface area (Å²) in [5.41, 5.74) is -0.577. The van der Waals surface area contributed by atoms with Gasteiger partial charge in [-0.25, -0.2) is 0 Å². The van der Waals surface area contributed by atoms with E-state index in [0.29, 0.717) is 31.2 Å². The number of piperidine rings is 1. The van der Waals surface area contributed by atoms with Crippen LogP contribution >= 0.6 is 0 Å². The van der Waals surface area contributed by atoms with E-state index in [4.69, 9.17) is 4.52 Å². The number of aryl methyl sites for hydroxylation is 1. The van der Waals surface area contributed by atoms with Gasteiger partial charge in [0.05, 0.1) is 0 Å². The molecule has 0 aromatic carbocycles. The second kappa shape index (κ2) is 12.3. The molecule has 2 heterocycles. The molecular formula is C25H41N5O4. The third-order valence-electron chi connectivity index (χ3n) is 7.34. The summed E-state index contributed by atoms with van der Waals surface area (Å²) in [5, 5.41) is 10.4. The average molecular weight is 476 g/mol. The number of hydrogen-bond donors (Lipinski definition) is 2. The Morgan fingerprint density at radius 1 is 1.09 bits per heavy atom. The van der Waals surface area contributed by atoms with Gasteiger partial charge in [0.25, 0.3) is 0 Å². The van der Waals surface area contributed by atoms with Gasteiger partial charge in [-0.05, 0) is 38.5 Å². The van der Waals surface area contributed by atoms with Crippen LogP contribution in [-0.2, 0) is 26.3 Å². The maximum Gasteiger partial charge on any atom is 0.227 e. The van der Waals surface area contributed by atoms with Crippen molar-refractivity contribution in [2.75, 3.05) is 13.1 Å². The second-order valence-electron chi connectivity index (χ2n) is 9.87. The van der Waals surface area contributed by atoms with Gasteiger partial charge in [-0.3, -0.25) is 14.4 Å². The Kier molecular flexibility index (Phi) is 9.47. The van der Waals surface area contributed by atoms with E-state index in [1.165, 1.54) is 6.92 Å². The molecule has 9 nitrogen and oxygen atoms in total. The van der Waals surface area contributed by atoms with Gasteiger partial charge >= 0.3 is 0 Å². The van der Waals surface area contributed by atoms with E-state index in [-0.39, 0.29) is 36.1 Å². The minimum atomic E-state index is -0.577. The molecule has 2 fully saturated rings. The van der Waals surface area contributed by atoms with Crippen LogP contribution in [0.25, 0.3) is 0 Å². The molecule has 1 saturated carbocycles. The molecular weight excluding hydrogens is 434 g/mol. The fraction of sp³-hybridized carbons (Fsp3) is 0.800. The molecule has 0 radical (unpaired) electrons. The van der Waals surface area contributed by atoms with E-state index in [2.05, 4.69) is 34.6 Å². The molecule has 1 aromatic heterocycles. The smallest absolute Gasteiger partial charge is 0.227 e. The lowest BCUT2D eigenvalue weighted by atomic mass is 9.89. The van der Waals surface area contributed by atoms with Gasteiger partial charge in [0, 0.05) is 44.8 Å². The first kappa shape index (κ1) is 26.2. The maximum atomic E-state index is 12.6. The lowest BCUT2D eigenvalue weighted by Crippen LogP contribution is -2.48. The van der Waals surface area contributed by atoms with Gasteiger partial charge in [-0.2, -0.15) is 4.98 Å². The fourth-order valence-corrected chi connectivity index (χ4v) is 5.28. The van der Waals surface area contributed by atoms with Crippen LogP contribution in [-0.4, -0.2) is 51.9 Å². The molecule has 3 amide bonds. The summed E-state index contributed by atoms with van der Waals surface area (Å²) < 4.78 is 5.45. The second-order valence-corrected chi connectivity index (χ2v) is 9.87. The third-order valence-corrected chi connectivity index (χ3v) is 7.34. The molecule has 0 spiro atoms. The molecule has 2 N–H and O–H groups in total. The first-order valence-corrected chi connectivity index (χ1v) is 13.1. The van der Waals surface area contributed by atoms with E-state index in [1.807, 2.05) is 4.90 Å². The van der Waals surface area contributed by atoms with Crippen LogP contribution in [0.4, 0.5) is 0 Å². The van der Waals surface area contributed by atoms with Crippen molar-refractivity contribution in [3.05, 3.63) is 11.7 Å². The quantitative estimate of drug-likeness (QED) is 0.530. The van der Waals surface area contributed by atoms with Crippen molar-refractivity contribution in [1.29, 1.82) is 0 Å². The number of nitrogens with one attached hydrogen (secondary N) is 2. The number of rotatable bonds is 9. The largest absolute Gasteiger partial charge is 0.353 e. The van der Waals surface area contributed by atoms with Crippen LogP contribution in [0.2, 0.25) is 0 Å². The Morgan fingerprint density at radius 2 is 1.74 bits per heavy atom. The monoisotopic (exact) mass is 475 g/mol. The summed E-state index contributed by atoms with van der Waals surface area (Å²) in [7, 11) is 0. The molecule has 1 saturated heterocycles. The Labute approximate surface area is 202 Å². The standard InChI is InChI=1S/C25H41N5O4/c1-4-19(5-2)23(33)30-16-12-20(13-17-30)26-21(32)10-11-22-27-24(29-34-22)25(28-18(3)31)14-8-6-7-9-15-25/h19-20H,4-17H2,1-3H3,(H,26,32)(H,28,31). The predicted molar refractivity (Wildman–Crippen MR) is 128 cm³/mol. The van der Waals surface area contributed by atoms with Gasteiger partial charge < -0.3 is 20.1 Å². The minimum absolute atomic E-state index is 0.0458. The van der Waals surface area contributed by atoms with Gasteiger partial charge in [0.2, 0.25) is 23.6 Å². The lowest BCUT2D eigenvalue weighted by Gasteiger charge is -2.34. The van der Waals surface area contributed by atoms with Gasteiger partial charge in [-0.15, -0.1) is 0 Å². The highest BCUT2D eigenvalue weighted by Crippen LogP contribution is 2.34. The topological polar surface area (TPSA) is 117 Å². The number of likely N-dealkylation sites (tertiary alicyclic amines) is 1. The van der Waals surface area contributed by atoms with Crippen molar-refractivity contribution in [3.8, 4) is 0 Å². The minimum Gasteiger partial charge on any atom is -0.353 e. The zero-order valence-corrected chi connectivity index (χ0v) is 21.0. The van der Waals surface area contributed by atoms with Crippen LogP contribution < -0.4 is 10.6 Å². The Hall–Kier alpha value is -2.45. The van der Waals surface area contributed by atoms with Crippen molar-refractivity contribution in [2.24, 2.45) is 5.92 Å². The van der Waals surface area contributed by atoms with E-state index in [1.54, 1.807) is 0 Å². The van der Waals surface area contributed by atoms with Crippen LogP contribution in [0.5, 0.6) is 0 Å². The molecule has 1 aliphatic heterocycles. The highest BCUT2D eigenvalue weighted by Gasteiger charge is 2.38. The first-order valence-electron chi connectivity index (χ1n) is 13.1. The van der Waals surface area contributed by atoms with Crippen LogP contribution in [0.1, 0.15) is 103 Å². The van der Waals surface area contributed by atoms with Crippen LogP contribution in [0, 0.1) is 5.92 Å². The lowest BCUT2D eigenvalue weighted by molar-refractivity contribution is -0.137. The number of carbonyl (C=O) groups is 3. The summed E-state index contributed by atoms with van der Waals surface area (Å²) in [4.78, 5) is 43.5. The predicted octanol–water partition coefficient (Wildman–Crippen LogP) is 3.23. The van der Waals surface area contributed by atoms with Gasteiger partial charge in [0.1, 0.15) is 5.54 Å². The van der Waals surface area contributed by atoms with Crippen LogP contribution in [0.15, 0.2) is 4.52 Å². The zero-order valence-electron chi connectivity index (χ0n) is 21.0. The number of nitrogens with zero attached hydrogens (tertiary/aromatic N) is 3. The Morgan fingerprint density at radius 3 is 2.32 bits per heavy atom. The van der Waals surface area contributed by atoms with Crippen molar-refractivity contribution in [2.45, 2.75) is 109 Å². The summed E-state index contributed by atoms with van der Waals surface area (Å²) >= 11 is 0. The summed E-state index contributed by atoms with van der Waals surface area (Å²) in [6, 6.07) is 0.0884. The Bertz CT molecular complexity index is 819. The van der Waals surface area contributed by atoms with E-state index < -0.39 is 5.54 Å². The van der Waals surface area contributed by atoms with Crippen molar-refractivity contribution < 1.29 is 18.9 Å². The summed E-state index contributed by atoms with van der Waals surface area (Å²) in [6.07, 6.45) is 9.81. The van der Waals surface area contributed by atoms with E-state index >= 15 is 0 Å². The van der Waals surface area contributed by atoms with Gasteiger partial charge in [0.15, 0.2) is 5.82 Å². The summed E-state index contributed by atoms with van der Waals surface area (Å²) in [5.74, 6) is 1.15. The zero-order chi connectivity index (χ0) is 24.6. The third kappa shape index (κ3) is 6.79. The molecule has 9 heteroatoms. The van der Waals surface area contributed by atoms with Crippen LogP contribution in [0.3, 0.4) is 0 Å². The number of carbonyl (C=O) groups excluding carboxylic acids is 3. The van der Waals surface area contributed by atoms with Crippen molar-refractivity contribution in [1.82, 2.24) is 25.7 Å². The SMILES string of the molecule is CCC(CC)C(=O)N1CCC(NC(=O)CCc2nc(C3(NC(C)=O)CCCCCC3)no2)CC1.